The standard InChI is InChI=1S/C15H20O/c1-10(2)12-5-6-13-8-14(16)7-11(3)15(13,4)9-12/h5-8,10,12H,9H2,1-4H3. The lowest BCUT2D eigenvalue weighted by Gasteiger charge is -2.41. The van der Waals surface area contributed by atoms with Gasteiger partial charge in [0.25, 0.3) is 0 Å². The van der Waals surface area contributed by atoms with Gasteiger partial charge in [0.1, 0.15) is 0 Å². The minimum Gasteiger partial charge on any atom is -0.290 e. The molecule has 0 radical (unpaired) electrons. The van der Waals surface area contributed by atoms with Crippen LogP contribution in [0.15, 0.2) is 35.5 Å². The van der Waals surface area contributed by atoms with Crippen LogP contribution in [0.1, 0.15) is 34.1 Å². The molecule has 0 aromatic carbocycles. The third-order valence-corrected chi connectivity index (χ3v) is 4.19. The van der Waals surface area contributed by atoms with Gasteiger partial charge in [0.05, 0.1) is 0 Å². The Balaban J connectivity index is 2.41. The molecule has 0 saturated heterocycles. The van der Waals surface area contributed by atoms with E-state index in [1.807, 2.05) is 0 Å². The van der Waals surface area contributed by atoms with Crippen LogP contribution in [0.3, 0.4) is 0 Å². The molecule has 2 rings (SSSR count). The van der Waals surface area contributed by atoms with Gasteiger partial charge in [0.15, 0.2) is 5.78 Å². The highest BCUT2D eigenvalue weighted by Crippen LogP contribution is 2.48. The van der Waals surface area contributed by atoms with Crippen LogP contribution in [0.25, 0.3) is 0 Å². The summed E-state index contributed by atoms with van der Waals surface area (Å²) in [4.78, 5) is 11.5. The van der Waals surface area contributed by atoms with Crippen LogP contribution in [0.4, 0.5) is 0 Å². The van der Waals surface area contributed by atoms with Gasteiger partial charge < -0.3 is 0 Å². The molecule has 2 unspecified atom stereocenters. The Bertz CT molecular complexity index is 409. The SMILES string of the molecule is CC1=CC(=O)C=C2C=CC(C(C)C)CC12C. The van der Waals surface area contributed by atoms with Crippen molar-refractivity contribution < 1.29 is 4.79 Å². The molecule has 1 nitrogen and oxygen atoms in total. The predicted molar refractivity (Wildman–Crippen MR) is 67.0 cm³/mol. The number of rotatable bonds is 1. The number of carbonyl (C=O) groups excluding carboxylic acids is 1. The second-order valence-corrected chi connectivity index (χ2v) is 5.63. The minimum absolute atomic E-state index is 0.0809. The highest BCUT2D eigenvalue weighted by molar-refractivity contribution is 6.02. The second-order valence-electron chi connectivity index (χ2n) is 5.63. The van der Waals surface area contributed by atoms with Gasteiger partial charge in [-0.05, 0) is 42.9 Å². The largest absolute Gasteiger partial charge is 0.290 e. The van der Waals surface area contributed by atoms with Crippen LogP contribution in [0, 0.1) is 17.3 Å². The van der Waals surface area contributed by atoms with E-state index < -0.39 is 0 Å². The van der Waals surface area contributed by atoms with Gasteiger partial charge in [-0.1, -0.05) is 38.5 Å². The fourth-order valence-corrected chi connectivity index (χ4v) is 2.69. The summed E-state index contributed by atoms with van der Waals surface area (Å²) in [6.45, 7) is 8.87. The van der Waals surface area contributed by atoms with Crippen molar-refractivity contribution in [1.29, 1.82) is 0 Å². The first-order chi connectivity index (χ1) is 7.43. The zero-order valence-corrected chi connectivity index (χ0v) is 10.6. The topological polar surface area (TPSA) is 17.1 Å². The lowest BCUT2D eigenvalue weighted by molar-refractivity contribution is -0.110. The molecule has 0 aliphatic heterocycles. The third kappa shape index (κ3) is 1.68. The van der Waals surface area contributed by atoms with E-state index in [4.69, 9.17) is 0 Å². The maximum Gasteiger partial charge on any atom is 0.178 e. The van der Waals surface area contributed by atoms with E-state index >= 15 is 0 Å². The Morgan fingerprint density at radius 3 is 2.69 bits per heavy atom. The number of fused-ring (bicyclic) bond motifs is 1. The molecular weight excluding hydrogens is 196 g/mol. The Morgan fingerprint density at radius 1 is 1.38 bits per heavy atom. The van der Waals surface area contributed by atoms with Gasteiger partial charge in [0.2, 0.25) is 0 Å². The first-order valence-corrected chi connectivity index (χ1v) is 6.06. The lowest BCUT2D eigenvalue weighted by atomic mass is 9.63. The molecule has 16 heavy (non-hydrogen) atoms. The van der Waals surface area contributed by atoms with Gasteiger partial charge in [-0.2, -0.15) is 0 Å². The Morgan fingerprint density at radius 2 is 2.06 bits per heavy atom. The monoisotopic (exact) mass is 216 g/mol. The molecule has 0 N–H and O–H groups in total. The normalized spacial score (nSPS) is 33.6. The molecule has 0 spiro atoms. The molecule has 0 fully saturated rings. The van der Waals surface area contributed by atoms with E-state index in [0.717, 1.165) is 6.42 Å². The van der Waals surface area contributed by atoms with Gasteiger partial charge in [-0.25, -0.2) is 0 Å². The van der Waals surface area contributed by atoms with E-state index in [1.54, 1.807) is 12.2 Å². The summed E-state index contributed by atoms with van der Waals surface area (Å²) >= 11 is 0. The number of hydrogen-bond donors (Lipinski definition) is 0. The minimum atomic E-state index is 0.0809. The molecule has 2 aliphatic rings. The van der Waals surface area contributed by atoms with E-state index in [0.29, 0.717) is 11.8 Å². The summed E-state index contributed by atoms with van der Waals surface area (Å²) in [6, 6.07) is 0. The zero-order valence-electron chi connectivity index (χ0n) is 10.6. The number of ketones is 1. The number of allylic oxidation sites excluding steroid dienone is 6. The maximum atomic E-state index is 11.5. The van der Waals surface area contributed by atoms with Crippen LogP contribution in [0.5, 0.6) is 0 Å². The predicted octanol–water partition coefficient (Wildman–Crippen LogP) is 3.68. The first-order valence-electron chi connectivity index (χ1n) is 6.06. The van der Waals surface area contributed by atoms with E-state index in [2.05, 4.69) is 39.8 Å². The van der Waals surface area contributed by atoms with Crippen molar-refractivity contribution >= 4 is 5.78 Å². The average Bonchev–Trinajstić information content (AvgIpc) is 2.19. The zero-order chi connectivity index (χ0) is 11.9. The molecule has 0 bridgehead atoms. The quantitative estimate of drug-likeness (QED) is 0.653. The summed E-state index contributed by atoms with van der Waals surface area (Å²) in [7, 11) is 0. The molecule has 0 aromatic heterocycles. The molecule has 0 heterocycles. The molecule has 0 amide bonds. The van der Waals surface area contributed by atoms with Crippen molar-refractivity contribution in [3.05, 3.63) is 35.5 Å². The summed E-state index contributed by atoms with van der Waals surface area (Å²) in [5.41, 5.74) is 2.48. The maximum absolute atomic E-state index is 11.5. The molecular formula is C15H20O. The Hall–Kier alpha value is -1.11. The summed E-state index contributed by atoms with van der Waals surface area (Å²) < 4.78 is 0. The fourth-order valence-electron chi connectivity index (χ4n) is 2.69. The Kier molecular flexibility index (Phi) is 2.65. The fraction of sp³-hybridized carbons (Fsp3) is 0.533. The lowest BCUT2D eigenvalue weighted by Crippen LogP contribution is -2.31. The van der Waals surface area contributed by atoms with Crippen LogP contribution in [0.2, 0.25) is 0 Å². The molecule has 86 valence electrons. The van der Waals surface area contributed by atoms with Crippen LogP contribution >= 0.6 is 0 Å². The molecule has 2 atom stereocenters. The van der Waals surface area contributed by atoms with Crippen LogP contribution < -0.4 is 0 Å². The average molecular weight is 216 g/mol. The van der Waals surface area contributed by atoms with Crippen molar-refractivity contribution in [2.45, 2.75) is 34.1 Å². The second kappa shape index (κ2) is 3.73. The summed E-state index contributed by atoms with van der Waals surface area (Å²) in [6.07, 6.45) is 9.13. The summed E-state index contributed by atoms with van der Waals surface area (Å²) in [5.74, 6) is 1.43. The first kappa shape index (κ1) is 11.4. The third-order valence-electron chi connectivity index (χ3n) is 4.19. The van der Waals surface area contributed by atoms with Gasteiger partial charge in [0, 0.05) is 5.41 Å². The van der Waals surface area contributed by atoms with E-state index in [-0.39, 0.29) is 11.2 Å². The van der Waals surface area contributed by atoms with E-state index in [1.165, 1.54) is 11.1 Å². The van der Waals surface area contributed by atoms with Crippen LogP contribution in [-0.4, -0.2) is 5.78 Å². The van der Waals surface area contributed by atoms with Gasteiger partial charge in [-0.3, -0.25) is 4.79 Å². The van der Waals surface area contributed by atoms with Crippen molar-refractivity contribution in [1.82, 2.24) is 0 Å². The number of hydrogen-bond acceptors (Lipinski definition) is 1. The number of carbonyl (C=O) groups is 1. The van der Waals surface area contributed by atoms with Crippen molar-refractivity contribution in [2.24, 2.45) is 17.3 Å². The molecule has 1 heteroatoms. The van der Waals surface area contributed by atoms with Gasteiger partial charge in [-0.15, -0.1) is 0 Å². The van der Waals surface area contributed by atoms with Crippen molar-refractivity contribution in [3.63, 3.8) is 0 Å². The highest BCUT2D eigenvalue weighted by atomic mass is 16.1. The van der Waals surface area contributed by atoms with Crippen molar-refractivity contribution in [3.8, 4) is 0 Å². The molecule has 2 aliphatic carbocycles. The van der Waals surface area contributed by atoms with Gasteiger partial charge >= 0.3 is 0 Å². The highest BCUT2D eigenvalue weighted by Gasteiger charge is 2.37. The van der Waals surface area contributed by atoms with Crippen molar-refractivity contribution in [2.75, 3.05) is 0 Å². The Labute approximate surface area is 97.9 Å². The van der Waals surface area contributed by atoms with E-state index in [9.17, 15) is 4.79 Å². The van der Waals surface area contributed by atoms with Crippen LogP contribution in [-0.2, 0) is 4.79 Å². The smallest absolute Gasteiger partial charge is 0.178 e. The molecule has 0 aromatic rings. The molecule has 0 saturated carbocycles. The summed E-state index contributed by atoms with van der Waals surface area (Å²) in [5, 5.41) is 0.